The zero-order chi connectivity index (χ0) is 23.1. The molecule has 1 saturated heterocycles. The first kappa shape index (κ1) is 20.9. The summed E-state index contributed by atoms with van der Waals surface area (Å²) in [6, 6.07) is 15.2. The molecule has 33 heavy (non-hydrogen) atoms. The third-order valence-corrected chi connectivity index (χ3v) is 5.95. The van der Waals surface area contributed by atoms with Crippen molar-refractivity contribution in [1.82, 2.24) is 9.88 Å². The van der Waals surface area contributed by atoms with Crippen LogP contribution in [0.25, 0.3) is 5.76 Å². The number of likely N-dealkylation sites (tertiary alicyclic amines) is 1. The van der Waals surface area contributed by atoms with Gasteiger partial charge < -0.3 is 14.7 Å². The van der Waals surface area contributed by atoms with Gasteiger partial charge in [0.25, 0.3) is 11.7 Å². The molecule has 0 radical (unpaired) electrons. The van der Waals surface area contributed by atoms with Crippen LogP contribution in [0.3, 0.4) is 0 Å². The van der Waals surface area contributed by atoms with Crippen LogP contribution in [0.5, 0.6) is 5.75 Å². The van der Waals surface area contributed by atoms with E-state index in [1.807, 2.05) is 6.92 Å². The third kappa shape index (κ3) is 3.75. The average Bonchev–Trinajstić information content (AvgIpc) is 3.31. The van der Waals surface area contributed by atoms with Gasteiger partial charge in [-0.2, -0.15) is 0 Å². The number of ether oxygens (including phenoxy) is 1. The molecule has 7 heteroatoms. The number of Topliss-reactive ketones (excluding diaryl/α,β-unsaturated/α-hetero) is 1. The van der Waals surface area contributed by atoms with Crippen LogP contribution < -0.4 is 4.74 Å². The van der Waals surface area contributed by atoms with Crippen molar-refractivity contribution < 1.29 is 23.8 Å². The number of aliphatic hydroxyl groups excluding tert-OH is 1. The molecule has 0 saturated carbocycles. The Balaban J connectivity index is 1.62. The number of benzene rings is 2. The van der Waals surface area contributed by atoms with Crippen LogP contribution >= 0.6 is 0 Å². The Bertz CT molecular complexity index is 1270. The first-order valence-electron chi connectivity index (χ1n) is 10.7. The van der Waals surface area contributed by atoms with Crippen LogP contribution in [0.15, 0.2) is 72.4 Å². The van der Waals surface area contributed by atoms with E-state index >= 15 is 0 Å². The SMILES string of the molecule is CC1Cc2cc(/C(O)=C3/C(=O)C(=O)N(Cc4ccccn4)C3c3ccc(F)cc3)ccc2O1. The van der Waals surface area contributed by atoms with Crippen LogP contribution in [0, 0.1) is 5.82 Å². The van der Waals surface area contributed by atoms with Crippen molar-refractivity contribution in [3.8, 4) is 5.75 Å². The molecule has 3 heterocycles. The Kier molecular flexibility index (Phi) is 5.17. The number of nitrogens with zero attached hydrogens (tertiary/aromatic N) is 2. The Morgan fingerprint density at radius 1 is 1.15 bits per heavy atom. The lowest BCUT2D eigenvalue weighted by molar-refractivity contribution is -0.140. The molecule has 2 atom stereocenters. The normalized spacial score (nSPS) is 21.2. The maximum absolute atomic E-state index is 13.6. The fourth-order valence-corrected chi connectivity index (χ4v) is 4.43. The van der Waals surface area contributed by atoms with E-state index in [0.29, 0.717) is 23.2 Å². The number of halogens is 1. The first-order valence-corrected chi connectivity index (χ1v) is 10.7. The minimum absolute atomic E-state index is 0.0283. The van der Waals surface area contributed by atoms with Gasteiger partial charge >= 0.3 is 0 Å². The Morgan fingerprint density at radius 2 is 1.94 bits per heavy atom. The number of amides is 1. The molecule has 1 N–H and O–H groups in total. The number of aromatic nitrogens is 1. The standard InChI is InChI=1S/C26H21FN2O4/c1-15-12-18-13-17(7-10-21(18)33-15)24(30)22-23(16-5-8-19(27)9-6-16)29(26(32)25(22)31)14-20-4-2-3-11-28-20/h2-11,13,15,23,30H,12,14H2,1H3/b24-22-. The van der Waals surface area contributed by atoms with E-state index in [0.717, 1.165) is 11.3 Å². The Morgan fingerprint density at radius 3 is 2.67 bits per heavy atom. The molecule has 2 unspecified atom stereocenters. The molecule has 0 spiro atoms. The summed E-state index contributed by atoms with van der Waals surface area (Å²) in [4.78, 5) is 31.8. The van der Waals surface area contributed by atoms with E-state index in [4.69, 9.17) is 4.74 Å². The van der Waals surface area contributed by atoms with Crippen molar-refractivity contribution in [3.05, 3.63) is 101 Å². The van der Waals surface area contributed by atoms with Gasteiger partial charge in [0.05, 0.1) is 23.9 Å². The Hall–Kier alpha value is -4.00. The predicted octanol–water partition coefficient (Wildman–Crippen LogP) is 4.17. The maximum Gasteiger partial charge on any atom is 0.296 e. The highest BCUT2D eigenvalue weighted by Crippen LogP contribution is 2.41. The lowest BCUT2D eigenvalue weighted by atomic mass is 9.94. The number of pyridine rings is 1. The molecular formula is C26H21FN2O4. The fourth-order valence-electron chi connectivity index (χ4n) is 4.43. The highest BCUT2D eigenvalue weighted by molar-refractivity contribution is 6.46. The molecule has 0 bridgehead atoms. The molecule has 2 aliphatic heterocycles. The van der Waals surface area contributed by atoms with Crippen LogP contribution in [0.4, 0.5) is 4.39 Å². The second kappa shape index (κ2) is 8.16. The highest BCUT2D eigenvalue weighted by Gasteiger charge is 2.46. The maximum atomic E-state index is 13.6. The van der Waals surface area contributed by atoms with Gasteiger partial charge in [0, 0.05) is 18.2 Å². The second-order valence-corrected chi connectivity index (χ2v) is 8.25. The van der Waals surface area contributed by atoms with E-state index in [2.05, 4.69) is 4.98 Å². The van der Waals surface area contributed by atoms with Crippen molar-refractivity contribution in [3.63, 3.8) is 0 Å². The number of hydrogen-bond acceptors (Lipinski definition) is 5. The summed E-state index contributed by atoms with van der Waals surface area (Å²) in [6.07, 6.45) is 2.32. The van der Waals surface area contributed by atoms with Gasteiger partial charge in [-0.1, -0.05) is 18.2 Å². The quantitative estimate of drug-likeness (QED) is 0.371. The number of rotatable bonds is 4. The van der Waals surface area contributed by atoms with Crippen molar-refractivity contribution in [2.75, 3.05) is 0 Å². The minimum Gasteiger partial charge on any atom is -0.507 e. The second-order valence-electron chi connectivity index (χ2n) is 8.25. The van der Waals surface area contributed by atoms with E-state index in [-0.39, 0.29) is 24.0 Å². The molecule has 2 aromatic carbocycles. The zero-order valence-electron chi connectivity index (χ0n) is 17.9. The number of carbonyl (C=O) groups excluding carboxylic acids is 2. The molecular weight excluding hydrogens is 423 g/mol. The number of ketones is 1. The topological polar surface area (TPSA) is 79.7 Å². The predicted molar refractivity (Wildman–Crippen MR) is 119 cm³/mol. The lowest BCUT2D eigenvalue weighted by Crippen LogP contribution is -2.29. The molecule has 0 aliphatic carbocycles. The van der Waals surface area contributed by atoms with Crippen molar-refractivity contribution in [2.45, 2.75) is 32.0 Å². The van der Waals surface area contributed by atoms with Crippen LogP contribution in [-0.4, -0.2) is 32.8 Å². The fraction of sp³-hybridized carbons (Fsp3) is 0.192. The van der Waals surface area contributed by atoms with Gasteiger partial charge in [0.2, 0.25) is 0 Å². The van der Waals surface area contributed by atoms with Gasteiger partial charge in [-0.25, -0.2) is 4.39 Å². The van der Waals surface area contributed by atoms with Crippen LogP contribution in [0.2, 0.25) is 0 Å². The molecule has 5 rings (SSSR count). The number of hydrogen-bond donors (Lipinski definition) is 1. The molecule has 1 amide bonds. The molecule has 166 valence electrons. The summed E-state index contributed by atoms with van der Waals surface area (Å²) >= 11 is 0. The summed E-state index contributed by atoms with van der Waals surface area (Å²) in [5.41, 5.74) is 2.43. The first-order chi connectivity index (χ1) is 15.9. The summed E-state index contributed by atoms with van der Waals surface area (Å²) in [5.74, 6) is -1.50. The molecule has 2 aliphatic rings. The number of fused-ring (bicyclic) bond motifs is 1. The van der Waals surface area contributed by atoms with Gasteiger partial charge in [0.1, 0.15) is 23.4 Å². The van der Waals surface area contributed by atoms with Crippen molar-refractivity contribution in [2.24, 2.45) is 0 Å². The van der Waals surface area contributed by atoms with Gasteiger partial charge in [-0.3, -0.25) is 14.6 Å². The van der Waals surface area contributed by atoms with Gasteiger partial charge in [-0.05, 0) is 60.5 Å². The molecule has 1 fully saturated rings. The number of aliphatic hydroxyl groups is 1. The van der Waals surface area contributed by atoms with Gasteiger partial charge in [-0.15, -0.1) is 0 Å². The van der Waals surface area contributed by atoms with Crippen molar-refractivity contribution in [1.29, 1.82) is 0 Å². The average molecular weight is 444 g/mol. The largest absolute Gasteiger partial charge is 0.507 e. The molecule has 6 nitrogen and oxygen atoms in total. The van der Waals surface area contributed by atoms with E-state index in [9.17, 15) is 19.1 Å². The summed E-state index contributed by atoms with van der Waals surface area (Å²) < 4.78 is 19.3. The Labute approximate surface area is 190 Å². The van der Waals surface area contributed by atoms with Crippen LogP contribution in [0.1, 0.15) is 35.3 Å². The summed E-state index contributed by atoms with van der Waals surface area (Å²) in [5, 5.41) is 11.2. The van der Waals surface area contributed by atoms with Gasteiger partial charge in [0.15, 0.2) is 0 Å². The third-order valence-electron chi connectivity index (χ3n) is 5.95. The summed E-state index contributed by atoms with van der Waals surface area (Å²) in [6.45, 7) is 2.02. The smallest absolute Gasteiger partial charge is 0.296 e. The highest BCUT2D eigenvalue weighted by atomic mass is 19.1. The number of carbonyl (C=O) groups is 2. The van der Waals surface area contributed by atoms with E-state index < -0.39 is 23.5 Å². The van der Waals surface area contributed by atoms with Crippen molar-refractivity contribution >= 4 is 17.4 Å². The molecule has 3 aromatic rings. The minimum atomic E-state index is -0.879. The van der Waals surface area contributed by atoms with E-state index in [1.165, 1.54) is 29.2 Å². The lowest BCUT2D eigenvalue weighted by Gasteiger charge is -2.25. The summed E-state index contributed by atoms with van der Waals surface area (Å²) in [7, 11) is 0. The molecule has 1 aromatic heterocycles. The van der Waals surface area contributed by atoms with Crippen LogP contribution in [-0.2, 0) is 22.6 Å². The van der Waals surface area contributed by atoms with E-state index in [1.54, 1.807) is 42.6 Å². The monoisotopic (exact) mass is 444 g/mol. The zero-order valence-corrected chi connectivity index (χ0v) is 17.9.